The van der Waals surface area contributed by atoms with E-state index in [1.165, 1.54) is 11.3 Å². The van der Waals surface area contributed by atoms with Crippen LogP contribution in [0.15, 0.2) is 60.9 Å². The van der Waals surface area contributed by atoms with Crippen LogP contribution in [0.25, 0.3) is 10.2 Å². The lowest BCUT2D eigenvalue weighted by molar-refractivity contribution is 0.102. The van der Waals surface area contributed by atoms with Crippen molar-refractivity contribution in [3.63, 3.8) is 0 Å². The Bertz CT molecular complexity index is 1080. The lowest BCUT2D eigenvalue weighted by Crippen LogP contribution is -2.12. The Labute approximate surface area is 167 Å². The maximum absolute atomic E-state index is 12.7. The van der Waals surface area contributed by atoms with Gasteiger partial charge in [0.25, 0.3) is 5.91 Å². The van der Waals surface area contributed by atoms with E-state index in [1.807, 2.05) is 62.4 Å². The highest BCUT2D eigenvalue weighted by atomic mass is 32.1. The number of pyridine rings is 1. The fourth-order valence-electron chi connectivity index (χ4n) is 3.04. The molecule has 0 aliphatic rings. The van der Waals surface area contributed by atoms with Gasteiger partial charge in [0.05, 0.1) is 10.2 Å². The zero-order chi connectivity index (χ0) is 19.5. The Kier molecular flexibility index (Phi) is 5.04. The van der Waals surface area contributed by atoms with Gasteiger partial charge < -0.3 is 4.74 Å². The number of hydrogen-bond donors (Lipinski definition) is 1. The normalized spacial score (nSPS) is 10.8. The lowest BCUT2D eigenvalue weighted by atomic mass is 10.1. The van der Waals surface area contributed by atoms with Gasteiger partial charge in [0.15, 0.2) is 5.13 Å². The number of benzene rings is 2. The van der Waals surface area contributed by atoms with E-state index in [9.17, 15) is 4.79 Å². The monoisotopic (exact) mass is 389 g/mol. The van der Waals surface area contributed by atoms with Crippen LogP contribution in [0.1, 0.15) is 27.0 Å². The Morgan fingerprint density at radius 3 is 2.61 bits per heavy atom. The van der Waals surface area contributed by atoms with Crippen molar-refractivity contribution in [2.24, 2.45) is 0 Å². The van der Waals surface area contributed by atoms with E-state index in [0.717, 1.165) is 32.7 Å². The molecule has 5 nitrogen and oxygen atoms in total. The van der Waals surface area contributed by atoms with Gasteiger partial charge in [-0.05, 0) is 55.3 Å². The predicted octanol–water partition coefficient (Wildman–Crippen LogP) is 5.14. The van der Waals surface area contributed by atoms with E-state index >= 15 is 0 Å². The molecule has 140 valence electrons. The van der Waals surface area contributed by atoms with E-state index in [1.54, 1.807) is 12.4 Å². The van der Waals surface area contributed by atoms with Crippen molar-refractivity contribution < 1.29 is 9.53 Å². The molecule has 0 saturated carbocycles. The molecule has 0 aliphatic heterocycles. The predicted molar refractivity (Wildman–Crippen MR) is 112 cm³/mol. The molecule has 0 radical (unpaired) electrons. The molecule has 0 aliphatic carbocycles. The number of fused-ring (bicyclic) bond motifs is 1. The van der Waals surface area contributed by atoms with Gasteiger partial charge >= 0.3 is 0 Å². The van der Waals surface area contributed by atoms with Crippen molar-refractivity contribution >= 4 is 32.6 Å². The minimum Gasteiger partial charge on any atom is -0.488 e. The van der Waals surface area contributed by atoms with Crippen LogP contribution in [0.5, 0.6) is 5.75 Å². The van der Waals surface area contributed by atoms with E-state index in [4.69, 9.17) is 4.74 Å². The van der Waals surface area contributed by atoms with Gasteiger partial charge in [-0.2, -0.15) is 0 Å². The largest absolute Gasteiger partial charge is 0.488 e. The summed E-state index contributed by atoms with van der Waals surface area (Å²) in [6.45, 7) is 4.33. The number of para-hydroxylation sites is 1. The molecular formula is C22H19N3O2S. The molecule has 0 saturated heterocycles. The fraction of sp³-hybridized carbons (Fsp3) is 0.136. The molecule has 0 spiro atoms. The van der Waals surface area contributed by atoms with Crippen LogP contribution in [-0.4, -0.2) is 15.9 Å². The second kappa shape index (κ2) is 7.78. The molecule has 0 unspecified atom stereocenters. The van der Waals surface area contributed by atoms with Crippen molar-refractivity contribution in [3.8, 4) is 5.75 Å². The number of rotatable bonds is 5. The first-order valence-electron chi connectivity index (χ1n) is 8.90. The Hall–Kier alpha value is -3.25. The summed E-state index contributed by atoms with van der Waals surface area (Å²) < 4.78 is 7.01. The van der Waals surface area contributed by atoms with Crippen LogP contribution < -0.4 is 10.1 Å². The Morgan fingerprint density at radius 2 is 1.89 bits per heavy atom. The molecule has 4 rings (SSSR count). The zero-order valence-corrected chi connectivity index (χ0v) is 16.4. The van der Waals surface area contributed by atoms with Gasteiger partial charge in [0.2, 0.25) is 0 Å². The molecule has 28 heavy (non-hydrogen) atoms. The maximum Gasteiger partial charge on any atom is 0.257 e. The van der Waals surface area contributed by atoms with Crippen LogP contribution in [0.2, 0.25) is 0 Å². The highest BCUT2D eigenvalue weighted by molar-refractivity contribution is 7.22. The standard InChI is InChI=1S/C22H19N3O2S/c1-14-10-17(11-15(2)20(14)27-13-16-6-5-9-23-12-16)21(26)25-22-24-18-7-3-4-8-19(18)28-22/h3-12H,13H2,1-2H3,(H,24,25,26). The smallest absolute Gasteiger partial charge is 0.257 e. The average Bonchev–Trinajstić information content (AvgIpc) is 3.10. The highest BCUT2D eigenvalue weighted by Gasteiger charge is 2.14. The lowest BCUT2D eigenvalue weighted by Gasteiger charge is -2.14. The minimum absolute atomic E-state index is 0.177. The molecule has 2 heterocycles. The van der Waals surface area contributed by atoms with Crippen molar-refractivity contribution in [2.45, 2.75) is 20.5 Å². The molecule has 1 amide bonds. The van der Waals surface area contributed by atoms with E-state index in [2.05, 4.69) is 15.3 Å². The van der Waals surface area contributed by atoms with Crippen molar-refractivity contribution in [1.29, 1.82) is 0 Å². The molecule has 2 aromatic heterocycles. The van der Waals surface area contributed by atoms with Crippen LogP contribution in [0.4, 0.5) is 5.13 Å². The first-order chi connectivity index (χ1) is 13.6. The summed E-state index contributed by atoms with van der Waals surface area (Å²) in [5.74, 6) is 0.615. The third-order valence-corrected chi connectivity index (χ3v) is 5.29. The summed E-state index contributed by atoms with van der Waals surface area (Å²) in [7, 11) is 0. The van der Waals surface area contributed by atoms with Gasteiger partial charge in [0.1, 0.15) is 12.4 Å². The minimum atomic E-state index is -0.177. The van der Waals surface area contributed by atoms with Crippen LogP contribution >= 0.6 is 11.3 Å². The fourth-order valence-corrected chi connectivity index (χ4v) is 3.90. The molecule has 1 N–H and O–H groups in total. The van der Waals surface area contributed by atoms with Crippen LogP contribution in [0, 0.1) is 13.8 Å². The number of aromatic nitrogens is 2. The van der Waals surface area contributed by atoms with E-state index in [0.29, 0.717) is 17.3 Å². The number of carbonyl (C=O) groups is 1. The Morgan fingerprint density at radius 1 is 1.11 bits per heavy atom. The number of anilines is 1. The first kappa shape index (κ1) is 18.1. The summed E-state index contributed by atoms with van der Waals surface area (Å²) >= 11 is 1.46. The van der Waals surface area contributed by atoms with E-state index < -0.39 is 0 Å². The second-order valence-electron chi connectivity index (χ2n) is 6.53. The number of ether oxygens (including phenoxy) is 1. The van der Waals surface area contributed by atoms with Crippen molar-refractivity contribution in [3.05, 3.63) is 83.2 Å². The number of aryl methyl sites for hydroxylation is 2. The summed E-state index contributed by atoms with van der Waals surface area (Å²) in [6.07, 6.45) is 3.52. The quantitative estimate of drug-likeness (QED) is 0.513. The van der Waals surface area contributed by atoms with Gasteiger partial charge in [-0.3, -0.25) is 15.1 Å². The van der Waals surface area contributed by atoms with E-state index in [-0.39, 0.29) is 5.91 Å². The second-order valence-corrected chi connectivity index (χ2v) is 7.56. The number of nitrogens with one attached hydrogen (secondary N) is 1. The molecule has 0 fully saturated rings. The molecular weight excluding hydrogens is 370 g/mol. The van der Waals surface area contributed by atoms with Crippen LogP contribution in [-0.2, 0) is 6.61 Å². The number of nitrogens with zero attached hydrogens (tertiary/aromatic N) is 2. The molecule has 2 aromatic carbocycles. The van der Waals surface area contributed by atoms with Gasteiger partial charge in [-0.1, -0.05) is 29.5 Å². The molecule has 0 atom stereocenters. The van der Waals surface area contributed by atoms with Crippen LogP contribution in [0.3, 0.4) is 0 Å². The highest BCUT2D eigenvalue weighted by Crippen LogP contribution is 2.28. The molecule has 4 aromatic rings. The summed E-state index contributed by atoms with van der Waals surface area (Å²) in [5, 5.41) is 3.49. The van der Waals surface area contributed by atoms with Gasteiger partial charge in [-0.25, -0.2) is 4.98 Å². The van der Waals surface area contributed by atoms with Crippen molar-refractivity contribution in [1.82, 2.24) is 9.97 Å². The van der Waals surface area contributed by atoms with Crippen molar-refractivity contribution in [2.75, 3.05) is 5.32 Å². The molecule has 0 bridgehead atoms. The first-order valence-corrected chi connectivity index (χ1v) is 9.71. The topological polar surface area (TPSA) is 64.1 Å². The third kappa shape index (κ3) is 3.87. The summed E-state index contributed by atoms with van der Waals surface area (Å²) in [5.41, 5.74) is 4.30. The summed E-state index contributed by atoms with van der Waals surface area (Å²) in [6, 6.07) is 15.4. The van der Waals surface area contributed by atoms with Gasteiger partial charge in [-0.15, -0.1) is 0 Å². The SMILES string of the molecule is Cc1cc(C(=O)Nc2nc3ccccc3s2)cc(C)c1OCc1cccnc1. The maximum atomic E-state index is 12.7. The average molecular weight is 389 g/mol. The number of amides is 1. The number of hydrogen-bond acceptors (Lipinski definition) is 5. The number of thiazole rings is 1. The summed E-state index contributed by atoms with van der Waals surface area (Å²) in [4.78, 5) is 21.2. The third-order valence-electron chi connectivity index (χ3n) is 4.34. The van der Waals surface area contributed by atoms with Gasteiger partial charge in [0, 0.05) is 23.5 Å². The number of carbonyl (C=O) groups excluding carboxylic acids is 1. The zero-order valence-electron chi connectivity index (χ0n) is 15.6. The Balaban J connectivity index is 1.50. The molecule has 6 heteroatoms.